The zero-order chi connectivity index (χ0) is 16.5. The number of hydrogen-bond acceptors (Lipinski definition) is 4. The Kier molecular flexibility index (Phi) is 7.20. The Labute approximate surface area is 138 Å². The Balaban J connectivity index is 1.78. The van der Waals surface area contributed by atoms with Crippen LogP contribution in [0.2, 0.25) is 0 Å². The van der Waals surface area contributed by atoms with E-state index in [1.165, 1.54) is 12.8 Å². The van der Waals surface area contributed by atoms with Gasteiger partial charge in [-0.15, -0.1) is 0 Å². The van der Waals surface area contributed by atoms with Crippen LogP contribution in [0.25, 0.3) is 0 Å². The normalized spacial score (nSPS) is 24.2. The third-order valence-electron chi connectivity index (χ3n) is 4.61. The Morgan fingerprint density at radius 3 is 3.09 bits per heavy atom. The summed E-state index contributed by atoms with van der Waals surface area (Å²) in [4.78, 5) is 16.0. The quantitative estimate of drug-likeness (QED) is 0.440. The van der Waals surface area contributed by atoms with E-state index in [0.717, 1.165) is 31.2 Å². The molecule has 0 unspecified atom stereocenters. The van der Waals surface area contributed by atoms with Gasteiger partial charge in [0.15, 0.2) is 0 Å². The molecule has 0 aromatic carbocycles. The number of rotatable bonds is 8. The van der Waals surface area contributed by atoms with Crippen LogP contribution < -0.4 is 5.43 Å². The van der Waals surface area contributed by atoms with Crippen LogP contribution in [0.5, 0.6) is 0 Å². The SMILES string of the molecule is CCCCC[C@@H]1[C@@H](CC(=O)N/N=C\c2cccnc2)CC[C@H]1O. The predicted octanol–water partition coefficient (Wildman–Crippen LogP) is 2.89. The monoisotopic (exact) mass is 317 g/mol. The van der Waals surface area contributed by atoms with Crippen LogP contribution >= 0.6 is 0 Å². The predicted molar refractivity (Wildman–Crippen MR) is 91.0 cm³/mol. The number of pyridine rings is 1. The average Bonchev–Trinajstić information content (AvgIpc) is 2.89. The van der Waals surface area contributed by atoms with E-state index in [2.05, 4.69) is 22.4 Å². The molecule has 0 radical (unpaired) electrons. The Hall–Kier alpha value is -1.75. The number of aromatic nitrogens is 1. The number of hydrogen-bond donors (Lipinski definition) is 2. The molecule has 23 heavy (non-hydrogen) atoms. The van der Waals surface area contributed by atoms with Crippen LogP contribution in [-0.2, 0) is 4.79 Å². The molecule has 1 aromatic rings. The molecular weight excluding hydrogens is 290 g/mol. The second-order valence-corrected chi connectivity index (χ2v) is 6.35. The molecule has 5 heteroatoms. The van der Waals surface area contributed by atoms with E-state index >= 15 is 0 Å². The van der Waals surface area contributed by atoms with Gasteiger partial charge in [-0.25, -0.2) is 5.43 Å². The van der Waals surface area contributed by atoms with E-state index < -0.39 is 0 Å². The lowest BCUT2D eigenvalue weighted by molar-refractivity contribution is -0.122. The first-order chi connectivity index (χ1) is 11.2. The summed E-state index contributed by atoms with van der Waals surface area (Å²) in [6, 6.07) is 3.70. The fraction of sp³-hybridized carbons (Fsp3) is 0.611. The molecule has 2 rings (SSSR count). The molecule has 1 fully saturated rings. The van der Waals surface area contributed by atoms with Crippen molar-refractivity contribution in [3.8, 4) is 0 Å². The van der Waals surface area contributed by atoms with Gasteiger partial charge in [0.1, 0.15) is 0 Å². The molecule has 0 aliphatic heterocycles. The van der Waals surface area contributed by atoms with Gasteiger partial charge in [-0.2, -0.15) is 5.10 Å². The van der Waals surface area contributed by atoms with Crippen molar-refractivity contribution in [1.82, 2.24) is 10.4 Å². The first kappa shape index (κ1) is 17.6. The Morgan fingerprint density at radius 1 is 1.48 bits per heavy atom. The van der Waals surface area contributed by atoms with Crippen molar-refractivity contribution in [3.05, 3.63) is 30.1 Å². The van der Waals surface area contributed by atoms with Crippen molar-refractivity contribution >= 4 is 12.1 Å². The van der Waals surface area contributed by atoms with Crippen molar-refractivity contribution < 1.29 is 9.90 Å². The lowest BCUT2D eigenvalue weighted by Crippen LogP contribution is -2.25. The standard InChI is InChI=1S/C18H27N3O2/c1-2-3-4-7-16-15(8-9-17(16)22)11-18(23)21-20-13-14-6-5-10-19-12-14/h5-6,10,12-13,15-17,22H,2-4,7-9,11H2,1H3,(H,21,23)/b20-13-/t15-,16-,17-/m1/s1. The van der Waals surface area contributed by atoms with Crippen molar-refractivity contribution in [2.75, 3.05) is 0 Å². The van der Waals surface area contributed by atoms with Gasteiger partial charge in [-0.3, -0.25) is 9.78 Å². The molecule has 3 atom stereocenters. The van der Waals surface area contributed by atoms with Crippen molar-refractivity contribution in [1.29, 1.82) is 0 Å². The lowest BCUT2D eigenvalue weighted by Gasteiger charge is -2.21. The Morgan fingerprint density at radius 2 is 2.35 bits per heavy atom. The highest BCUT2D eigenvalue weighted by Crippen LogP contribution is 2.37. The third-order valence-corrected chi connectivity index (χ3v) is 4.61. The number of unbranched alkanes of at least 4 members (excludes halogenated alkanes) is 2. The maximum Gasteiger partial charge on any atom is 0.240 e. The molecular formula is C18H27N3O2. The number of nitrogens with zero attached hydrogens (tertiary/aromatic N) is 2. The van der Waals surface area contributed by atoms with E-state index in [4.69, 9.17) is 0 Å². The van der Waals surface area contributed by atoms with Crippen LogP contribution in [0.3, 0.4) is 0 Å². The van der Waals surface area contributed by atoms with E-state index in [-0.39, 0.29) is 23.8 Å². The van der Waals surface area contributed by atoms with Crippen LogP contribution in [0.4, 0.5) is 0 Å². The largest absolute Gasteiger partial charge is 0.393 e. The van der Waals surface area contributed by atoms with Gasteiger partial charge in [0, 0.05) is 24.4 Å². The molecule has 0 bridgehead atoms. The molecule has 2 N–H and O–H groups in total. The number of hydrazone groups is 1. The van der Waals surface area contributed by atoms with Crippen LogP contribution in [-0.4, -0.2) is 28.3 Å². The van der Waals surface area contributed by atoms with E-state index in [1.54, 1.807) is 18.6 Å². The minimum absolute atomic E-state index is 0.0790. The molecule has 0 saturated heterocycles. The minimum Gasteiger partial charge on any atom is -0.393 e. The third kappa shape index (κ3) is 5.75. The van der Waals surface area contributed by atoms with Crippen LogP contribution in [0.1, 0.15) is 57.4 Å². The van der Waals surface area contributed by atoms with Gasteiger partial charge >= 0.3 is 0 Å². The molecule has 126 valence electrons. The minimum atomic E-state index is -0.247. The summed E-state index contributed by atoms with van der Waals surface area (Å²) in [5, 5.41) is 14.1. The zero-order valence-corrected chi connectivity index (χ0v) is 13.8. The van der Waals surface area contributed by atoms with Gasteiger partial charge < -0.3 is 5.11 Å². The topological polar surface area (TPSA) is 74.6 Å². The zero-order valence-electron chi connectivity index (χ0n) is 13.8. The summed E-state index contributed by atoms with van der Waals surface area (Å²) in [6.45, 7) is 2.18. The molecule has 1 aromatic heterocycles. The van der Waals surface area contributed by atoms with Crippen molar-refractivity contribution in [2.45, 2.75) is 58.0 Å². The smallest absolute Gasteiger partial charge is 0.240 e. The highest BCUT2D eigenvalue weighted by Gasteiger charge is 2.35. The summed E-state index contributed by atoms with van der Waals surface area (Å²) in [5.41, 5.74) is 3.43. The molecule has 1 amide bonds. The van der Waals surface area contributed by atoms with Crippen LogP contribution in [0.15, 0.2) is 29.6 Å². The number of amides is 1. The highest BCUT2D eigenvalue weighted by molar-refractivity contribution is 5.82. The number of aliphatic hydroxyl groups is 1. The first-order valence-corrected chi connectivity index (χ1v) is 8.60. The number of nitrogens with one attached hydrogen (secondary N) is 1. The van der Waals surface area contributed by atoms with Gasteiger partial charge in [0.05, 0.1) is 12.3 Å². The molecule has 1 heterocycles. The number of carbonyl (C=O) groups excluding carboxylic acids is 1. The fourth-order valence-corrected chi connectivity index (χ4v) is 3.35. The van der Waals surface area contributed by atoms with E-state index in [1.807, 2.05) is 12.1 Å². The van der Waals surface area contributed by atoms with E-state index in [0.29, 0.717) is 6.42 Å². The summed E-state index contributed by atoms with van der Waals surface area (Å²) >= 11 is 0. The van der Waals surface area contributed by atoms with Crippen molar-refractivity contribution in [2.24, 2.45) is 16.9 Å². The van der Waals surface area contributed by atoms with Gasteiger partial charge in [0.2, 0.25) is 5.91 Å². The summed E-state index contributed by atoms with van der Waals surface area (Å²) in [5.74, 6) is 0.454. The summed E-state index contributed by atoms with van der Waals surface area (Å²) in [7, 11) is 0. The first-order valence-electron chi connectivity index (χ1n) is 8.60. The second-order valence-electron chi connectivity index (χ2n) is 6.35. The summed E-state index contributed by atoms with van der Waals surface area (Å²) in [6.07, 6.45) is 11.4. The molecule has 0 spiro atoms. The number of aliphatic hydroxyl groups excluding tert-OH is 1. The average molecular weight is 317 g/mol. The van der Waals surface area contributed by atoms with Gasteiger partial charge in [-0.05, 0) is 37.2 Å². The molecule has 1 aliphatic rings. The molecule has 5 nitrogen and oxygen atoms in total. The summed E-state index contributed by atoms with van der Waals surface area (Å²) < 4.78 is 0. The van der Waals surface area contributed by atoms with Crippen LogP contribution in [0, 0.1) is 11.8 Å². The maximum absolute atomic E-state index is 12.0. The highest BCUT2D eigenvalue weighted by atomic mass is 16.3. The van der Waals surface area contributed by atoms with Crippen molar-refractivity contribution in [3.63, 3.8) is 0 Å². The Bertz CT molecular complexity index is 504. The molecule has 1 aliphatic carbocycles. The van der Waals surface area contributed by atoms with E-state index in [9.17, 15) is 9.90 Å². The lowest BCUT2D eigenvalue weighted by atomic mass is 9.87. The molecule has 1 saturated carbocycles. The second kappa shape index (κ2) is 9.40. The fourth-order valence-electron chi connectivity index (χ4n) is 3.35. The number of carbonyl (C=O) groups is 1. The maximum atomic E-state index is 12.0. The van der Waals surface area contributed by atoms with Gasteiger partial charge in [0.25, 0.3) is 0 Å². The van der Waals surface area contributed by atoms with Gasteiger partial charge in [-0.1, -0.05) is 32.3 Å².